The average molecular weight is 286 g/mol. The molecule has 116 valence electrons. The molecule has 0 aliphatic carbocycles. The summed E-state index contributed by atoms with van der Waals surface area (Å²) >= 11 is 0. The molecule has 1 saturated heterocycles. The predicted molar refractivity (Wildman–Crippen MR) is 75.3 cm³/mol. The van der Waals surface area contributed by atoms with Gasteiger partial charge in [0.05, 0.1) is 0 Å². The Morgan fingerprint density at radius 1 is 0.850 bits per heavy atom. The molecule has 6 heteroatoms. The Morgan fingerprint density at radius 3 is 1.65 bits per heavy atom. The normalized spacial score (nSPS) is 28.5. The summed E-state index contributed by atoms with van der Waals surface area (Å²) in [4.78, 5) is 23.0. The van der Waals surface area contributed by atoms with Crippen molar-refractivity contribution in [1.29, 1.82) is 0 Å². The van der Waals surface area contributed by atoms with Crippen molar-refractivity contribution in [3.05, 3.63) is 0 Å². The Labute approximate surface area is 120 Å². The van der Waals surface area contributed by atoms with Crippen LogP contribution in [-0.2, 0) is 19.1 Å². The highest BCUT2D eigenvalue weighted by Gasteiger charge is 2.10. The molecule has 2 atom stereocenters. The van der Waals surface area contributed by atoms with Crippen LogP contribution in [0.2, 0.25) is 0 Å². The minimum absolute atomic E-state index is 0.161. The number of carbonyl (C=O) groups is 2. The highest BCUT2D eigenvalue weighted by molar-refractivity contribution is 5.69. The summed E-state index contributed by atoms with van der Waals surface area (Å²) in [5.41, 5.74) is 0. The van der Waals surface area contributed by atoms with Crippen LogP contribution in [0, 0.1) is 0 Å². The van der Waals surface area contributed by atoms with Gasteiger partial charge in [0.15, 0.2) is 0 Å². The van der Waals surface area contributed by atoms with E-state index in [0.29, 0.717) is 39.1 Å². The standard InChI is InChI=1S/C14H26N2O4/c1-11-3-5-13(17)20-10-8-16-12(2)4-6-14(18)19-9-7-15-11/h11-12,15-16H,3-10H2,1-2H3. The van der Waals surface area contributed by atoms with Crippen molar-refractivity contribution in [2.45, 2.75) is 51.6 Å². The maximum absolute atomic E-state index is 11.5. The summed E-state index contributed by atoms with van der Waals surface area (Å²) in [6, 6.07) is 0.402. The maximum atomic E-state index is 11.5. The van der Waals surface area contributed by atoms with E-state index >= 15 is 0 Å². The first-order chi connectivity index (χ1) is 9.58. The third-order valence-corrected chi connectivity index (χ3v) is 3.28. The van der Waals surface area contributed by atoms with Gasteiger partial charge in [0.25, 0.3) is 0 Å². The highest BCUT2D eigenvalue weighted by atomic mass is 16.5. The Morgan fingerprint density at radius 2 is 1.25 bits per heavy atom. The fourth-order valence-corrected chi connectivity index (χ4v) is 1.96. The molecule has 1 fully saturated rings. The van der Waals surface area contributed by atoms with Gasteiger partial charge in [0.2, 0.25) is 0 Å². The van der Waals surface area contributed by atoms with Crippen molar-refractivity contribution in [2.75, 3.05) is 26.3 Å². The van der Waals surface area contributed by atoms with E-state index in [2.05, 4.69) is 10.6 Å². The molecule has 0 bridgehead atoms. The van der Waals surface area contributed by atoms with E-state index in [4.69, 9.17) is 9.47 Å². The van der Waals surface area contributed by atoms with Crippen molar-refractivity contribution >= 4 is 11.9 Å². The number of nitrogens with one attached hydrogen (secondary N) is 2. The van der Waals surface area contributed by atoms with E-state index in [1.165, 1.54) is 0 Å². The zero-order chi connectivity index (χ0) is 14.8. The van der Waals surface area contributed by atoms with Crippen LogP contribution in [0.5, 0.6) is 0 Å². The molecule has 0 saturated carbocycles. The van der Waals surface area contributed by atoms with Gasteiger partial charge in [0, 0.05) is 38.0 Å². The van der Waals surface area contributed by atoms with Gasteiger partial charge in [-0.15, -0.1) is 0 Å². The van der Waals surface area contributed by atoms with Crippen LogP contribution in [0.4, 0.5) is 0 Å². The Bertz CT molecular complexity index is 280. The molecule has 0 aromatic carbocycles. The van der Waals surface area contributed by atoms with Gasteiger partial charge in [-0.3, -0.25) is 9.59 Å². The molecule has 0 aromatic rings. The minimum Gasteiger partial charge on any atom is -0.464 e. The molecule has 2 unspecified atom stereocenters. The van der Waals surface area contributed by atoms with Crippen LogP contribution in [0.25, 0.3) is 0 Å². The van der Waals surface area contributed by atoms with Crippen LogP contribution in [0.15, 0.2) is 0 Å². The predicted octanol–water partition coefficient (Wildman–Crippen LogP) is 0.603. The molecule has 1 aliphatic rings. The fraction of sp³-hybridized carbons (Fsp3) is 0.857. The van der Waals surface area contributed by atoms with E-state index in [1.807, 2.05) is 13.8 Å². The highest BCUT2D eigenvalue weighted by Crippen LogP contribution is 2.01. The second-order valence-corrected chi connectivity index (χ2v) is 5.23. The van der Waals surface area contributed by atoms with Crippen LogP contribution in [0.3, 0.4) is 0 Å². The van der Waals surface area contributed by atoms with Crippen LogP contribution >= 0.6 is 0 Å². The molecule has 0 spiro atoms. The number of hydrogen-bond acceptors (Lipinski definition) is 6. The van der Waals surface area contributed by atoms with Crippen molar-refractivity contribution in [3.8, 4) is 0 Å². The van der Waals surface area contributed by atoms with E-state index in [9.17, 15) is 9.59 Å². The number of hydrogen-bond donors (Lipinski definition) is 2. The molecule has 0 aromatic heterocycles. The zero-order valence-electron chi connectivity index (χ0n) is 12.4. The second-order valence-electron chi connectivity index (χ2n) is 5.23. The molecule has 0 radical (unpaired) electrons. The van der Waals surface area contributed by atoms with Crippen LogP contribution < -0.4 is 10.6 Å². The Kier molecular flexibility index (Phi) is 8.22. The number of carbonyl (C=O) groups excluding carboxylic acids is 2. The number of rotatable bonds is 0. The largest absolute Gasteiger partial charge is 0.464 e. The molecule has 2 N–H and O–H groups in total. The molecule has 1 rings (SSSR count). The fourth-order valence-electron chi connectivity index (χ4n) is 1.96. The topological polar surface area (TPSA) is 76.7 Å². The maximum Gasteiger partial charge on any atom is 0.305 e. The second kappa shape index (κ2) is 9.72. The van der Waals surface area contributed by atoms with Crippen molar-refractivity contribution < 1.29 is 19.1 Å². The molecular formula is C14H26N2O4. The molecule has 6 nitrogen and oxygen atoms in total. The van der Waals surface area contributed by atoms with Gasteiger partial charge in [-0.05, 0) is 26.7 Å². The van der Waals surface area contributed by atoms with Gasteiger partial charge >= 0.3 is 11.9 Å². The zero-order valence-corrected chi connectivity index (χ0v) is 12.4. The third kappa shape index (κ3) is 8.12. The van der Waals surface area contributed by atoms with Gasteiger partial charge in [-0.2, -0.15) is 0 Å². The molecule has 1 heterocycles. The van der Waals surface area contributed by atoms with Crippen molar-refractivity contribution in [1.82, 2.24) is 10.6 Å². The first-order valence-corrected chi connectivity index (χ1v) is 7.36. The number of ether oxygens (including phenoxy) is 2. The first kappa shape index (κ1) is 16.9. The summed E-state index contributed by atoms with van der Waals surface area (Å²) < 4.78 is 10.3. The quantitative estimate of drug-likeness (QED) is 0.635. The van der Waals surface area contributed by atoms with E-state index < -0.39 is 0 Å². The van der Waals surface area contributed by atoms with E-state index in [0.717, 1.165) is 12.8 Å². The molecule has 1 aliphatic heterocycles. The Balaban J connectivity index is 2.38. The van der Waals surface area contributed by atoms with Gasteiger partial charge in [-0.1, -0.05) is 0 Å². The van der Waals surface area contributed by atoms with Gasteiger partial charge < -0.3 is 20.1 Å². The van der Waals surface area contributed by atoms with Crippen molar-refractivity contribution in [3.63, 3.8) is 0 Å². The third-order valence-electron chi connectivity index (χ3n) is 3.28. The first-order valence-electron chi connectivity index (χ1n) is 7.36. The lowest BCUT2D eigenvalue weighted by molar-refractivity contribution is -0.144. The lowest BCUT2D eigenvalue weighted by Gasteiger charge is -2.16. The summed E-state index contributed by atoms with van der Waals surface area (Å²) in [7, 11) is 0. The molecule has 20 heavy (non-hydrogen) atoms. The summed E-state index contributed by atoms with van der Waals surface area (Å²) in [5, 5.41) is 6.43. The summed E-state index contributed by atoms with van der Waals surface area (Å²) in [5.74, 6) is -0.321. The van der Waals surface area contributed by atoms with Gasteiger partial charge in [-0.25, -0.2) is 0 Å². The monoisotopic (exact) mass is 286 g/mol. The molecular weight excluding hydrogens is 260 g/mol. The Hall–Kier alpha value is -1.14. The van der Waals surface area contributed by atoms with E-state index in [1.54, 1.807) is 0 Å². The van der Waals surface area contributed by atoms with Crippen molar-refractivity contribution in [2.24, 2.45) is 0 Å². The number of cyclic esters (lactones) is 2. The smallest absolute Gasteiger partial charge is 0.305 e. The molecule has 0 amide bonds. The van der Waals surface area contributed by atoms with Crippen LogP contribution in [0.1, 0.15) is 39.5 Å². The minimum atomic E-state index is -0.161. The average Bonchev–Trinajstić information content (AvgIpc) is 2.42. The van der Waals surface area contributed by atoms with Gasteiger partial charge in [0.1, 0.15) is 13.2 Å². The SMILES string of the molecule is CC1CCC(=O)OCCNC(C)CCC(=O)OCCN1. The number of esters is 2. The van der Waals surface area contributed by atoms with Crippen LogP contribution in [-0.4, -0.2) is 50.3 Å². The summed E-state index contributed by atoms with van der Waals surface area (Å²) in [6.45, 7) is 5.96. The summed E-state index contributed by atoms with van der Waals surface area (Å²) in [6.07, 6.45) is 2.25. The lowest BCUT2D eigenvalue weighted by Crippen LogP contribution is -2.33. The van der Waals surface area contributed by atoms with E-state index in [-0.39, 0.29) is 24.0 Å². The lowest BCUT2D eigenvalue weighted by atomic mass is 10.2.